The summed E-state index contributed by atoms with van der Waals surface area (Å²) in [6, 6.07) is 0.271. The Morgan fingerprint density at radius 1 is 1.35 bits per heavy atom. The number of guanidine groups is 2. The summed E-state index contributed by atoms with van der Waals surface area (Å²) >= 11 is 12.5. The third kappa shape index (κ3) is 4.26. The highest BCUT2D eigenvalue weighted by Crippen LogP contribution is 2.27. The van der Waals surface area contributed by atoms with E-state index < -0.39 is 11.9 Å². The number of aromatic hydroxyl groups is 1. The van der Waals surface area contributed by atoms with Crippen LogP contribution >= 0.6 is 23.2 Å². The third-order valence-electron chi connectivity index (χ3n) is 5.18. The number of aromatic nitrogens is 2. The number of halogens is 2. The molecule has 5 rings (SSSR count). The Morgan fingerprint density at radius 3 is 2.94 bits per heavy atom. The number of nitrogens with one attached hydrogen (secondary N) is 4. The van der Waals surface area contributed by atoms with Gasteiger partial charge in [-0.25, -0.2) is 19.8 Å². The molecule has 1 aromatic heterocycles. The molecule has 0 radical (unpaired) electrons. The van der Waals surface area contributed by atoms with Gasteiger partial charge in [-0.15, -0.1) is 11.6 Å². The molecule has 4 aliphatic rings. The van der Waals surface area contributed by atoms with Gasteiger partial charge in [0.15, 0.2) is 12.1 Å². The van der Waals surface area contributed by atoms with E-state index in [0.29, 0.717) is 29.9 Å². The molecule has 2 aliphatic carbocycles. The van der Waals surface area contributed by atoms with Crippen LogP contribution in [0.1, 0.15) is 25.0 Å². The average Bonchev–Trinajstić information content (AvgIpc) is 3.37. The van der Waals surface area contributed by atoms with Crippen LogP contribution in [-0.4, -0.2) is 62.3 Å². The topological polar surface area (TPSA) is 133 Å². The smallest absolute Gasteiger partial charge is 0.326 e. The second kappa shape index (κ2) is 7.93. The van der Waals surface area contributed by atoms with Gasteiger partial charge in [-0.2, -0.15) is 5.10 Å². The number of aromatic amines is 2. The summed E-state index contributed by atoms with van der Waals surface area (Å²) in [6.45, 7) is 0.378. The zero-order chi connectivity index (χ0) is 21.5. The number of H-pyrrole nitrogens is 2. The van der Waals surface area contributed by atoms with Crippen LogP contribution in [0.2, 0.25) is 0 Å². The van der Waals surface area contributed by atoms with E-state index in [4.69, 9.17) is 28.2 Å². The van der Waals surface area contributed by atoms with Crippen molar-refractivity contribution in [1.29, 1.82) is 0 Å². The second-order valence-electron chi connectivity index (χ2n) is 7.61. The number of allylic oxidation sites excluding steroid dienone is 3. The Labute approximate surface area is 187 Å². The minimum atomic E-state index is -0.489. The molecule has 3 heterocycles. The first-order valence-electron chi connectivity index (χ1n) is 9.88. The Balaban J connectivity index is 1.42. The molecule has 0 spiro atoms. The number of hydrazone groups is 1. The summed E-state index contributed by atoms with van der Waals surface area (Å²) in [5.41, 5.74) is 1.44. The highest BCUT2D eigenvalue weighted by Gasteiger charge is 2.37. The molecule has 2 unspecified atom stereocenters. The van der Waals surface area contributed by atoms with Crippen LogP contribution in [0.3, 0.4) is 0 Å². The summed E-state index contributed by atoms with van der Waals surface area (Å²) in [6.07, 6.45) is 9.39. The second-order valence-corrected chi connectivity index (χ2v) is 8.57. The fourth-order valence-electron chi connectivity index (χ4n) is 3.39. The first-order chi connectivity index (χ1) is 15.0. The van der Waals surface area contributed by atoms with E-state index in [0.717, 1.165) is 24.0 Å². The van der Waals surface area contributed by atoms with E-state index in [1.54, 1.807) is 17.3 Å². The Kier molecular flexibility index (Phi) is 5.11. The lowest BCUT2D eigenvalue weighted by Crippen LogP contribution is -2.62. The number of hydrogen-bond acceptors (Lipinski definition) is 5. The van der Waals surface area contributed by atoms with E-state index in [-0.39, 0.29) is 23.0 Å². The summed E-state index contributed by atoms with van der Waals surface area (Å²) in [4.78, 5) is 25.6. The molecule has 1 saturated carbocycles. The van der Waals surface area contributed by atoms with Crippen LogP contribution in [0.25, 0.3) is 6.08 Å². The summed E-state index contributed by atoms with van der Waals surface area (Å²) in [7, 11) is 0. The largest absolute Gasteiger partial charge is 0.493 e. The van der Waals surface area contributed by atoms with Gasteiger partial charge >= 0.3 is 5.69 Å². The molecule has 2 atom stereocenters. The van der Waals surface area contributed by atoms with Crippen LogP contribution in [0.4, 0.5) is 0 Å². The molecule has 0 aromatic carbocycles. The van der Waals surface area contributed by atoms with Crippen molar-refractivity contribution in [3.63, 3.8) is 0 Å². The van der Waals surface area contributed by atoms with Crippen LogP contribution in [-0.2, 0) is 0 Å². The molecule has 5 N–H and O–H groups in total. The predicted molar refractivity (Wildman–Crippen MR) is 120 cm³/mol. The zero-order valence-electron chi connectivity index (χ0n) is 16.3. The van der Waals surface area contributed by atoms with Crippen molar-refractivity contribution < 1.29 is 5.11 Å². The Morgan fingerprint density at radius 2 is 2.19 bits per heavy atom. The molecule has 10 nitrogen and oxygen atoms in total. The molecular weight excluding hydrogens is 443 g/mol. The van der Waals surface area contributed by atoms with Crippen molar-refractivity contribution in [2.75, 3.05) is 6.54 Å². The maximum Gasteiger partial charge on any atom is 0.326 e. The normalized spacial score (nSPS) is 29.1. The number of aliphatic imine (C=N–C) groups is 2. The maximum absolute atomic E-state index is 11.4. The van der Waals surface area contributed by atoms with Crippen molar-refractivity contribution >= 4 is 47.4 Å². The number of hydrogen-bond donors (Lipinski definition) is 5. The predicted octanol–water partition coefficient (Wildman–Crippen LogP) is 1.55. The van der Waals surface area contributed by atoms with Gasteiger partial charge in [-0.05, 0) is 37.0 Å². The molecule has 1 aromatic rings. The van der Waals surface area contributed by atoms with Crippen molar-refractivity contribution in [3.05, 3.63) is 44.5 Å². The van der Waals surface area contributed by atoms with Gasteiger partial charge in [0.1, 0.15) is 5.69 Å². The van der Waals surface area contributed by atoms with Crippen LogP contribution in [0.15, 0.2) is 48.2 Å². The van der Waals surface area contributed by atoms with Gasteiger partial charge in [0.05, 0.1) is 24.2 Å². The fraction of sp³-hybridized carbons (Fsp3) is 0.368. The number of nitrogens with zero attached hydrogens (tertiary/aromatic N) is 4. The van der Waals surface area contributed by atoms with Crippen molar-refractivity contribution in [2.24, 2.45) is 15.1 Å². The molecule has 2 fully saturated rings. The Bertz CT molecular complexity index is 1140. The molecule has 162 valence electrons. The lowest BCUT2D eigenvalue weighted by molar-refractivity contribution is 0.345. The quantitative estimate of drug-likeness (QED) is 0.432. The monoisotopic (exact) mass is 462 g/mol. The summed E-state index contributed by atoms with van der Waals surface area (Å²) in [5, 5.41) is 23.0. The maximum atomic E-state index is 11.4. The molecule has 12 heteroatoms. The van der Waals surface area contributed by atoms with Crippen molar-refractivity contribution in [2.45, 2.75) is 36.8 Å². The molecule has 2 aliphatic heterocycles. The van der Waals surface area contributed by atoms with Crippen LogP contribution < -0.4 is 16.3 Å². The van der Waals surface area contributed by atoms with E-state index in [1.807, 2.05) is 12.2 Å². The lowest BCUT2D eigenvalue weighted by atomic mass is 10.0. The zero-order valence-corrected chi connectivity index (χ0v) is 17.8. The highest BCUT2D eigenvalue weighted by atomic mass is 35.5. The van der Waals surface area contributed by atoms with E-state index in [9.17, 15) is 9.90 Å². The van der Waals surface area contributed by atoms with Gasteiger partial charge in [0.25, 0.3) is 0 Å². The standard InChI is InChI=1S/C19H20Cl2N8O2/c20-11-1-4-13(21)9(5-11)7-22-17-26-15-10(6-14-16(30)27-19(31)25-14)8-23-29(15)18(28-17)24-12-2-3-12/h1,5-6,8,12-13,15,30H,2-4,7H2,(H2,25,27,31)(H2,22,24,26,28)/b10-6+. The third-order valence-corrected chi connectivity index (χ3v) is 5.90. The molecular formula is C19H20Cl2N8O2. The highest BCUT2D eigenvalue weighted by molar-refractivity contribution is 6.32. The van der Waals surface area contributed by atoms with E-state index in [1.165, 1.54) is 0 Å². The van der Waals surface area contributed by atoms with E-state index >= 15 is 0 Å². The Hall–Kier alpha value is -2.98. The van der Waals surface area contributed by atoms with E-state index in [2.05, 4.69) is 30.7 Å². The summed E-state index contributed by atoms with van der Waals surface area (Å²) < 4.78 is 0. The van der Waals surface area contributed by atoms with Gasteiger partial charge in [-0.3, -0.25) is 10.3 Å². The first kappa shape index (κ1) is 20.0. The number of imidazole rings is 1. The molecule has 1 saturated heterocycles. The average molecular weight is 463 g/mol. The van der Waals surface area contributed by atoms with Gasteiger partial charge in [-0.1, -0.05) is 17.7 Å². The number of fused-ring (bicyclic) bond motifs is 1. The minimum Gasteiger partial charge on any atom is -0.493 e. The molecule has 31 heavy (non-hydrogen) atoms. The van der Waals surface area contributed by atoms with Gasteiger partial charge in [0.2, 0.25) is 11.8 Å². The first-order valence-corrected chi connectivity index (χ1v) is 10.7. The van der Waals surface area contributed by atoms with Crippen molar-refractivity contribution in [1.82, 2.24) is 25.6 Å². The lowest BCUT2D eigenvalue weighted by Gasteiger charge is -2.33. The number of alkyl halides is 1. The van der Waals surface area contributed by atoms with Gasteiger partial charge in [0, 0.05) is 10.6 Å². The molecule has 0 bridgehead atoms. The SMILES string of the molecule is O=c1[nH]c(O)c(/C=C2\C=NN3C(=NC4CC4)NC(=NCC4=CC(Cl)=CCC4Cl)NC23)[nH]1. The van der Waals surface area contributed by atoms with Crippen molar-refractivity contribution in [3.8, 4) is 5.88 Å². The van der Waals surface area contributed by atoms with Crippen LogP contribution in [0, 0.1) is 0 Å². The fourth-order valence-corrected chi connectivity index (χ4v) is 3.84. The van der Waals surface area contributed by atoms with Gasteiger partial charge < -0.3 is 15.4 Å². The minimum absolute atomic E-state index is 0.148. The number of rotatable bonds is 4. The summed E-state index contributed by atoms with van der Waals surface area (Å²) in [5.74, 6) is 0.884. The molecule has 0 amide bonds. The van der Waals surface area contributed by atoms with Crippen LogP contribution in [0.5, 0.6) is 5.88 Å².